The van der Waals surface area contributed by atoms with Crippen molar-refractivity contribution in [2.45, 2.75) is 32.1 Å². The zero-order chi connectivity index (χ0) is 13.1. The molecule has 6 heteroatoms. The lowest BCUT2D eigenvalue weighted by Gasteiger charge is -2.28. The molecule has 2 aliphatic rings. The zero-order valence-electron chi connectivity index (χ0n) is 10.8. The maximum atomic E-state index is 11.3. The predicted octanol–water partition coefficient (Wildman–Crippen LogP) is 0.888. The van der Waals surface area contributed by atoms with Gasteiger partial charge in [0.05, 0.1) is 25.6 Å². The van der Waals surface area contributed by atoms with Crippen molar-refractivity contribution >= 4 is 10.0 Å². The van der Waals surface area contributed by atoms with Gasteiger partial charge in [0.15, 0.2) is 0 Å². The number of nitrogens with two attached hydrogens (primary N) is 1. The molecule has 18 heavy (non-hydrogen) atoms. The summed E-state index contributed by atoms with van der Waals surface area (Å²) in [6.45, 7) is 2.77. The van der Waals surface area contributed by atoms with Crippen LogP contribution in [0.5, 0.6) is 0 Å². The fourth-order valence-electron chi connectivity index (χ4n) is 3.04. The quantitative estimate of drug-likeness (QED) is 0.782. The maximum Gasteiger partial charge on any atom is 0.209 e. The summed E-state index contributed by atoms with van der Waals surface area (Å²) in [7, 11) is -3.42. The van der Waals surface area contributed by atoms with Crippen molar-refractivity contribution in [2.75, 3.05) is 32.2 Å². The molecule has 0 bridgehead atoms. The summed E-state index contributed by atoms with van der Waals surface area (Å²) in [5, 5.41) is 5.19. The van der Waals surface area contributed by atoms with Crippen LogP contribution in [0.25, 0.3) is 0 Å². The fraction of sp³-hybridized carbons (Fsp3) is 1.00. The van der Waals surface area contributed by atoms with Crippen LogP contribution in [0.4, 0.5) is 0 Å². The van der Waals surface area contributed by atoms with Crippen LogP contribution in [0.2, 0.25) is 0 Å². The van der Waals surface area contributed by atoms with E-state index in [9.17, 15) is 8.42 Å². The molecule has 1 saturated heterocycles. The smallest absolute Gasteiger partial charge is 0.209 e. The third-order valence-electron chi connectivity index (χ3n) is 3.96. The van der Waals surface area contributed by atoms with E-state index in [1.165, 1.54) is 0 Å². The van der Waals surface area contributed by atoms with Gasteiger partial charge in [-0.2, -0.15) is 0 Å². The van der Waals surface area contributed by atoms with Gasteiger partial charge < -0.3 is 9.47 Å². The van der Waals surface area contributed by atoms with Crippen LogP contribution in [0, 0.1) is 11.3 Å². The van der Waals surface area contributed by atoms with E-state index in [1.54, 1.807) is 0 Å². The SMILES string of the molecule is NS(=O)(=O)CC1(COCC2CCOC2)CCCC1. The first-order valence-electron chi connectivity index (χ1n) is 6.65. The van der Waals surface area contributed by atoms with E-state index >= 15 is 0 Å². The molecule has 2 N–H and O–H groups in total. The van der Waals surface area contributed by atoms with Crippen molar-refractivity contribution in [3.8, 4) is 0 Å². The van der Waals surface area contributed by atoms with Gasteiger partial charge in [-0.3, -0.25) is 0 Å². The molecule has 1 heterocycles. The molecule has 1 atom stereocenters. The highest BCUT2D eigenvalue weighted by atomic mass is 32.2. The van der Waals surface area contributed by atoms with Crippen LogP contribution in [-0.2, 0) is 19.5 Å². The third-order valence-corrected chi connectivity index (χ3v) is 4.97. The van der Waals surface area contributed by atoms with Crippen molar-refractivity contribution in [3.63, 3.8) is 0 Å². The predicted molar refractivity (Wildman–Crippen MR) is 68.6 cm³/mol. The molecule has 0 aromatic rings. The molecule has 0 aromatic heterocycles. The second kappa shape index (κ2) is 5.86. The van der Waals surface area contributed by atoms with E-state index in [0.29, 0.717) is 19.1 Å². The van der Waals surface area contributed by atoms with Crippen LogP contribution in [-0.4, -0.2) is 40.6 Å². The Balaban J connectivity index is 1.82. The minimum absolute atomic E-state index is 0.0567. The van der Waals surface area contributed by atoms with Gasteiger partial charge >= 0.3 is 0 Å². The Morgan fingerprint density at radius 2 is 2.06 bits per heavy atom. The number of primary sulfonamides is 1. The first-order chi connectivity index (χ1) is 8.49. The molecule has 0 aromatic carbocycles. The fourth-order valence-corrected chi connectivity index (χ4v) is 4.26. The highest BCUT2D eigenvalue weighted by molar-refractivity contribution is 7.89. The van der Waals surface area contributed by atoms with Gasteiger partial charge in [-0.05, 0) is 19.3 Å². The van der Waals surface area contributed by atoms with Gasteiger partial charge in [-0.1, -0.05) is 12.8 Å². The van der Waals surface area contributed by atoms with Crippen LogP contribution >= 0.6 is 0 Å². The van der Waals surface area contributed by atoms with E-state index in [4.69, 9.17) is 14.6 Å². The summed E-state index contributed by atoms with van der Waals surface area (Å²) < 4.78 is 33.7. The normalized spacial score (nSPS) is 27.7. The van der Waals surface area contributed by atoms with E-state index in [0.717, 1.165) is 45.3 Å². The molecule has 0 amide bonds. The lowest BCUT2D eigenvalue weighted by atomic mass is 9.90. The van der Waals surface area contributed by atoms with E-state index < -0.39 is 10.0 Å². The summed E-state index contributed by atoms with van der Waals surface area (Å²) in [5.41, 5.74) is -0.243. The summed E-state index contributed by atoms with van der Waals surface area (Å²) in [6, 6.07) is 0. The molecule has 1 unspecified atom stereocenters. The van der Waals surface area contributed by atoms with Gasteiger partial charge in [0.1, 0.15) is 0 Å². The second-order valence-electron chi connectivity index (χ2n) is 5.76. The van der Waals surface area contributed by atoms with Crippen molar-refractivity contribution in [2.24, 2.45) is 16.5 Å². The molecular weight excluding hydrogens is 254 g/mol. The van der Waals surface area contributed by atoms with Crippen molar-refractivity contribution in [1.29, 1.82) is 0 Å². The standard InChI is InChI=1S/C12H23NO4S/c13-18(14,15)10-12(4-1-2-5-12)9-17-8-11-3-6-16-7-11/h11H,1-10H2,(H2,13,14,15). The van der Waals surface area contributed by atoms with Crippen molar-refractivity contribution in [3.05, 3.63) is 0 Å². The lowest BCUT2D eigenvalue weighted by molar-refractivity contribution is 0.0337. The van der Waals surface area contributed by atoms with Gasteiger partial charge in [-0.25, -0.2) is 13.6 Å². The van der Waals surface area contributed by atoms with Crippen LogP contribution in [0.15, 0.2) is 0 Å². The van der Waals surface area contributed by atoms with Crippen molar-refractivity contribution < 1.29 is 17.9 Å². The first kappa shape index (κ1) is 14.2. The minimum Gasteiger partial charge on any atom is -0.381 e. The number of rotatable bonds is 6. The van der Waals surface area contributed by atoms with Gasteiger partial charge in [0, 0.05) is 17.9 Å². The molecule has 0 spiro atoms. The van der Waals surface area contributed by atoms with Crippen molar-refractivity contribution in [1.82, 2.24) is 0 Å². The molecular formula is C12H23NO4S. The summed E-state index contributed by atoms with van der Waals surface area (Å²) in [6.07, 6.45) is 5.01. The maximum absolute atomic E-state index is 11.3. The number of sulfonamides is 1. The second-order valence-corrected chi connectivity index (χ2v) is 7.37. The van der Waals surface area contributed by atoms with Crippen LogP contribution in [0.3, 0.4) is 0 Å². The summed E-state index contributed by atoms with van der Waals surface area (Å²) in [4.78, 5) is 0. The molecule has 5 nitrogen and oxygen atoms in total. The largest absolute Gasteiger partial charge is 0.381 e. The number of hydrogen-bond donors (Lipinski definition) is 1. The Kier molecular flexibility index (Phi) is 4.64. The number of ether oxygens (including phenoxy) is 2. The Bertz CT molecular complexity index is 356. The molecule has 1 aliphatic heterocycles. The van der Waals surface area contributed by atoms with Gasteiger partial charge in [-0.15, -0.1) is 0 Å². The summed E-state index contributed by atoms with van der Waals surface area (Å²) in [5.74, 6) is 0.527. The minimum atomic E-state index is -3.42. The Morgan fingerprint density at radius 1 is 1.33 bits per heavy atom. The number of hydrogen-bond acceptors (Lipinski definition) is 4. The van der Waals surface area contributed by atoms with Gasteiger partial charge in [0.2, 0.25) is 10.0 Å². The van der Waals surface area contributed by atoms with E-state index in [-0.39, 0.29) is 11.2 Å². The average Bonchev–Trinajstić information content (AvgIpc) is 2.87. The first-order valence-corrected chi connectivity index (χ1v) is 8.37. The topological polar surface area (TPSA) is 78.6 Å². The highest BCUT2D eigenvalue weighted by Crippen LogP contribution is 2.39. The van der Waals surface area contributed by atoms with Gasteiger partial charge in [0.25, 0.3) is 0 Å². The molecule has 2 fully saturated rings. The molecule has 1 aliphatic carbocycles. The Labute approximate surface area is 109 Å². The molecule has 106 valence electrons. The average molecular weight is 277 g/mol. The van der Waals surface area contributed by atoms with Crippen LogP contribution in [0.1, 0.15) is 32.1 Å². The van der Waals surface area contributed by atoms with Crippen LogP contribution < -0.4 is 5.14 Å². The highest BCUT2D eigenvalue weighted by Gasteiger charge is 2.37. The third kappa shape index (κ3) is 4.19. The monoisotopic (exact) mass is 277 g/mol. The lowest BCUT2D eigenvalue weighted by Crippen LogP contribution is -2.36. The molecule has 1 saturated carbocycles. The summed E-state index contributed by atoms with van der Waals surface area (Å²) >= 11 is 0. The zero-order valence-corrected chi connectivity index (χ0v) is 11.6. The Hall–Kier alpha value is -0.170. The van der Waals surface area contributed by atoms with E-state index in [1.807, 2.05) is 0 Å². The van der Waals surface area contributed by atoms with E-state index in [2.05, 4.69) is 0 Å². The Morgan fingerprint density at radius 3 is 2.61 bits per heavy atom. The molecule has 2 rings (SSSR count). The molecule has 0 radical (unpaired) electrons.